The summed E-state index contributed by atoms with van der Waals surface area (Å²) in [6, 6.07) is 4.10. The third-order valence-electron chi connectivity index (χ3n) is 4.01. The van der Waals surface area contributed by atoms with Gasteiger partial charge in [-0.05, 0) is 42.9 Å². The summed E-state index contributed by atoms with van der Waals surface area (Å²) in [6.45, 7) is 4.48. The van der Waals surface area contributed by atoms with E-state index in [-0.39, 0.29) is 0 Å². The van der Waals surface area contributed by atoms with Gasteiger partial charge in [-0.2, -0.15) is 13.2 Å². The molecule has 2 nitrogen and oxygen atoms in total. The van der Waals surface area contributed by atoms with Crippen molar-refractivity contribution in [3.8, 4) is 0 Å². The van der Waals surface area contributed by atoms with Crippen molar-refractivity contribution >= 4 is 26.7 Å². The molecule has 1 aromatic heterocycles. The lowest BCUT2D eigenvalue weighted by Crippen LogP contribution is -2.17. The fraction of sp³-hybridized carbons (Fsp3) is 0.533. The van der Waals surface area contributed by atoms with E-state index in [9.17, 15) is 13.2 Å². The Hall–Kier alpha value is -1.30. The van der Waals surface area contributed by atoms with E-state index in [1.54, 1.807) is 0 Å². The molecule has 1 saturated carbocycles. The van der Waals surface area contributed by atoms with Gasteiger partial charge in [-0.25, -0.2) is 4.98 Å². The molecule has 2 aromatic rings. The Morgan fingerprint density at radius 1 is 1.33 bits per heavy atom. The average molecular weight is 314 g/mol. The van der Waals surface area contributed by atoms with Gasteiger partial charge in [-0.1, -0.05) is 25.2 Å². The molecule has 0 saturated heterocycles. The second-order valence-electron chi connectivity index (χ2n) is 6.45. The van der Waals surface area contributed by atoms with Gasteiger partial charge in [0.2, 0.25) is 0 Å². The number of hydrogen-bond donors (Lipinski definition) is 1. The van der Waals surface area contributed by atoms with Crippen LogP contribution in [0.15, 0.2) is 18.2 Å². The molecular formula is C15H17F3N2S. The van der Waals surface area contributed by atoms with Crippen LogP contribution in [0.2, 0.25) is 0 Å². The van der Waals surface area contributed by atoms with E-state index in [1.165, 1.54) is 17.4 Å². The minimum absolute atomic E-state index is 0.331. The topological polar surface area (TPSA) is 24.9 Å². The van der Waals surface area contributed by atoms with Crippen LogP contribution in [0.3, 0.4) is 0 Å². The number of nitrogens with zero attached hydrogens (tertiary/aromatic N) is 1. The fourth-order valence-electron chi connectivity index (χ4n) is 2.90. The first-order chi connectivity index (χ1) is 9.73. The molecule has 1 fully saturated rings. The number of benzene rings is 1. The highest BCUT2D eigenvalue weighted by Crippen LogP contribution is 2.39. The number of thiazole rings is 1. The quantitative estimate of drug-likeness (QED) is 0.813. The van der Waals surface area contributed by atoms with E-state index in [2.05, 4.69) is 24.1 Å². The van der Waals surface area contributed by atoms with Crippen LogP contribution >= 0.6 is 11.3 Å². The number of rotatable bonds is 2. The summed E-state index contributed by atoms with van der Waals surface area (Å²) >= 11 is 1.41. The van der Waals surface area contributed by atoms with Crippen LogP contribution < -0.4 is 5.32 Å². The van der Waals surface area contributed by atoms with Crippen LogP contribution in [0.25, 0.3) is 10.2 Å². The maximum atomic E-state index is 12.7. The van der Waals surface area contributed by atoms with Gasteiger partial charge in [0.25, 0.3) is 0 Å². The van der Waals surface area contributed by atoms with E-state index in [0.717, 1.165) is 36.1 Å². The molecule has 6 heteroatoms. The van der Waals surface area contributed by atoms with Crippen molar-refractivity contribution < 1.29 is 13.2 Å². The standard InChI is InChI=1S/C15H17F3N2S/c1-14(2)6-5-10(8-14)19-13-20-11-7-9(15(16,17)18)3-4-12(11)21-13/h3-4,7,10H,5-6,8H2,1-2H3,(H,19,20). The van der Waals surface area contributed by atoms with Gasteiger partial charge in [0, 0.05) is 6.04 Å². The van der Waals surface area contributed by atoms with Crippen LogP contribution in [0.1, 0.15) is 38.7 Å². The summed E-state index contributed by atoms with van der Waals surface area (Å²) < 4.78 is 38.9. The third-order valence-corrected chi connectivity index (χ3v) is 4.98. The summed E-state index contributed by atoms with van der Waals surface area (Å²) in [7, 11) is 0. The van der Waals surface area contributed by atoms with Gasteiger partial charge in [-0.3, -0.25) is 0 Å². The number of alkyl halides is 3. The summed E-state index contributed by atoms with van der Waals surface area (Å²) in [6.07, 6.45) is -1.01. The lowest BCUT2D eigenvalue weighted by Gasteiger charge is -2.17. The normalized spacial score (nSPS) is 21.9. The van der Waals surface area contributed by atoms with E-state index >= 15 is 0 Å². The lowest BCUT2D eigenvalue weighted by atomic mass is 9.92. The third kappa shape index (κ3) is 3.15. The SMILES string of the molecule is CC1(C)CCC(Nc2nc3cc(C(F)(F)F)ccc3s2)C1. The van der Waals surface area contributed by atoms with Gasteiger partial charge >= 0.3 is 6.18 Å². The molecular weight excluding hydrogens is 297 g/mol. The van der Waals surface area contributed by atoms with Gasteiger partial charge in [0.05, 0.1) is 15.8 Å². The Morgan fingerprint density at radius 2 is 2.10 bits per heavy atom. The van der Waals surface area contributed by atoms with Crippen LogP contribution in [-0.4, -0.2) is 11.0 Å². The van der Waals surface area contributed by atoms with Crippen LogP contribution in [0.5, 0.6) is 0 Å². The number of nitrogens with one attached hydrogen (secondary N) is 1. The second-order valence-corrected chi connectivity index (χ2v) is 7.48. The van der Waals surface area contributed by atoms with Crippen molar-refractivity contribution in [2.45, 2.75) is 45.3 Å². The van der Waals surface area contributed by atoms with Gasteiger partial charge in [-0.15, -0.1) is 0 Å². The monoisotopic (exact) mass is 314 g/mol. The Balaban J connectivity index is 1.81. The Labute approximate surface area is 125 Å². The van der Waals surface area contributed by atoms with E-state index in [4.69, 9.17) is 0 Å². The van der Waals surface area contributed by atoms with E-state index < -0.39 is 11.7 Å². The summed E-state index contributed by atoms with van der Waals surface area (Å²) in [5.41, 5.74) is 0.0982. The molecule has 0 bridgehead atoms. The minimum Gasteiger partial charge on any atom is -0.359 e. The zero-order chi connectivity index (χ0) is 15.3. The molecule has 1 aliphatic rings. The molecule has 1 unspecified atom stereocenters. The fourth-order valence-corrected chi connectivity index (χ4v) is 3.82. The molecule has 0 amide bonds. The predicted octanol–water partition coefficient (Wildman–Crippen LogP) is 5.31. The first kappa shape index (κ1) is 14.6. The molecule has 1 aliphatic carbocycles. The number of aromatic nitrogens is 1. The molecule has 1 heterocycles. The van der Waals surface area contributed by atoms with Crippen molar-refractivity contribution in [2.24, 2.45) is 5.41 Å². The summed E-state index contributed by atoms with van der Waals surface area (Å²) in [5, 5.41) is 4.09. The van der Waals surface area contributed by atoms with Crippen molar-refractivity contribution in [3.05, 3.63) is 23.8 Å². The van der Waals surface area contributed by atoms with Crippen molar-refractivity contribution in [3.63, 3.8) is 0 Å². The first-order valence-electron chi connectivity index (χ1n) is 6.97. The molecule has 21 heavy (non-hydrogen) atoms. The average Bonchev–Trinajstić information content (AvgIpc) is 2.90. The summed E-state index contributed by atoms with van der Waals surface area (Å²) in [4.78, 5) is 4.31. The molecule has 0 aliphatic heterocycles. The molecule has 0 radical (unpaired) electrons. The lowest BCUT2D eigenvalue weighted by molar-refractivity contribution is -0.137. The van der Waals surface area contributed by atoms with E-state index in [1.807, 2.05) is 0 Å². The number of fused-ring (bicyclic) bond motifs is 1. The van der Waals surface area contributed by atoms with Gasteiger partial charge in [0.15, 0.2) is 5.13 Å². The van der Waals surface area contributed by atoms with E-state index in [0.29, 0.717) is 22.1 Å². The maximum absolute atomic E-state index is 12.7. The zero-order valence-electron chi connectivity index (χ0n) is 11.9. The minimum atomic E-state index is -4.32. The van der Waals surface area contributed by atoms with Crippen LogP contribution in [0, 0.1) is 5.41 Å². The highest BCUT2D eigenvalue weighted by molar-refractivity contribution is 7.22. The smallest absolute Gasteiger partial charge is 0.359 e. The number of hydrogen-bond acceptors (Lipinski definition) is 3. The van der Waals surface area contributed by atoms with Crippen LogP contribution in [-0.2, 0) is 6.18 Å². The highest BCUT2D eigenvalue weighted by Gasteiger charge is 2.32. The predicted molar refractivity (Wildman–Crippen MR) is 79.7 cm³/mol. The number of halogens is 3. The highest BCUT2D eigenvalue weighted by atomic mass is 32.1. The summed E-state index contributed by atoms with van der Waals surface area (Å²) in [5.74, 6) is 0. The Morgan fingerprint density at radius 3 is 2.71 bits per heavy atom. The van der Waals surface area contributed by atoms with Crippen LogP contribution in [0.4, 0.5) is 18.3 Å². The molecule has 3 rings (SSSR count). The molecule has 1 aromatic carbocycles. The Kier molecular flexibility index (Phi) is 3.39. The number of anilines is 1. The zero-order valence-corrected chi connectivity index (χ0v) is 12.7. The molecule has 114 valence electrons. The van der Waals surface area contributed by atoms with Crippen molar-refractivity contribution in [1.82, 2.24) is 4.98 Å². The first-order valence-corrected chi connectivity index (χ1v) is 7.79. The molecule has 1 atom stereocenters. The van der Waals surface area contributed by atoms with Crippen molar-refractivity contribution in [2.75, 3.05) is 5.32 Å². The molecule has 0 spiro atoms. The largest absolute Gasteiger partial charge is 0.416 e. The van der Waals surface area contributed by atoms with Crippen molar-refractivity contribution in [1.29, 1.82) is 0 Å². The van der Waals surface area contributed by atoms with Gasteiger partial charge < -0.3 is 5.32 Å². The Bertz CT molecular complexity index is 660. The maximum Gasteiger partial charge on any atom is 0.416 e. The molecule has 1 N–H and O–H groups in total. The second kappa shape index (κ2) is 4.87. The van der Waals surface area contributed by atoms with Gasteiger partial charge in [0.1, 0.15) is 0 Å².